The van der Waals surface area contributed by atoms with Crippen molar-refractivity contribution in [2.75, 3.05) is 6.61 Å². The average Bonchev–Trinajstić information content (AvgIpc) is 2.81. The monoisotopic (exact) mass is 303 g/mol. The standard InChI is InChI=1S/C14H25NO6/c1-7(2)5-9(18)15-10-11(8(17)6-16)19-13-12(10)20-14(3,4)21-13/h7-8,10-13,16-17H,5-6H2,1-4H3,(H,15,18)/t8-,10+,11-,12-,13-/m1/s1. The van der Waals surface area contributed by atoms with Crippen molar-refractivity contribution >= 4 is 5.91 Å². The van der Waals surface area contributed by atoms with Crippen molar-refractivity contribution in [1.82, 2.24) is 5.32 Å². The molecule has 2 rings (SSSR count). The van der Waals surface area contributed by atoms with Crippen LogP contribution in [-0.4, -0.2) is 59.2 Å². The predicted octanol–water partition coefficient (Wildman–Crippen LogP) is -0.253. The molecule has 5 atom stereocenters. The van der Waals surface area contributed by atoms with Gasteiger partial charge in [-0.2, -0.15) is 0 Å². The van der Waals surface area contributed by atoms with Crippen LogP contribution in [0.5, 0.6) is 0 Å². The Morgan fingerprint density at radius 2 is 2.00 bits per heavy atom. The van der Waals surface area contributed by atoms with E-state index in [0.717, 1.165) is 0 Å². The first-order valence-corrected chi connectivity index (χ1v) is 7.33. The Morgan fingerprint density at radius 1 is 1.33 bits per heavy atom. The molecule has 3 N–H and O–H groups in total. The van der Waals surface area contributed by atoms with E-state index in [9.17, 15) is 9.90 Å². The van der Waals surface area contributed by atoms with Gasteiger partial charge in [0.25, 0.3) is 0 Å². The van der Waals surface area contributed by atoms with E-state index in [1.165, 1.54) is 0 Å². The first-order valence-electron chi connectivity index (χ1n) is 7.33. The van der Waals surface area contributed by atoms with Crippen LogP contribution in [0.1, 0.15) is 34.1 Å². The van der Waals surface area contributed by atoms with Gasteiger partial charge in [-0.15, -0.1) is 0 Å². The first-order chi connectivity index (χ1) is 9.73. The Bertz CT molecular complexity index is 386. The summed E-state index contributed by atoms with van der Waals surface area (Å²) < 4.78 is 17.0. The third-order valence-electron chi connectivity index (χ3n) is 3.57. The average molecular weight is 303 g/mol. The van der Waals surface area contributed by atoms with Gasteiger partial charge in [0.1, 0.15) is 18.3 Å². The number of carbonyl (C=O) groups excluding carboxylic acids is 1. The van der Waals surface area contributed by atoms with Crippen LogP contribution < -0.4 is 5.32 Å². The van der Waals surface area contributed by atoms with Gasteiger partial charge < -0.3 is 29.7 Å². The smallest absolute Gasteiger partial charge is 0.220 e. The molecule has 7 heteroatoms. The summed E-state index contributed by atoms with van der Waals surface area (Å²) in [4.78, 5) is 12.0. The number of carbonyl (C=O) groups is 1. The Morgan fingerprint density at radius 3 is 2.57 bits per heavy atom. The normalized spacial score (nSPS) is 35.8. The number of rotatable bonds is 5. The van der Waals surface area contributed by atoms with Gasteiger partial charge in [-0.1, -0.05) is 13.8 Å². The minimum atomic E-state index is -1.10. The van der Waals surface area contributed by atoms with Crippen LogP contribution in [-0.2, 0) is 19.0 Å². The molecule has 122 valence electrons. The second kappa shape index (κ2) is 6.18. The molecule has 0 spiro atoms. The summed E-state index contributed by atoms with van der Waals surface area (Å²) in [6.45, 7) is 6.97. The Hall–Kier alpha value is -0.730. The van der Waals surface area contributed by atoms with Gasteiger partial charge >= 0.3 is 0 Å². The van der Waals surface area contributed by atoms with Crippen LogP contribution in [0.2, 0.25) is 0 Å². The molecule has 2 saturated heterocycles. The zero-order valence-corrected chi connectivity index (χ0v) is 12.9. The molecule has 0 saturated carbocycles. The summed E-state index contributed by atoms with van der Waals surface area (Å²) >= 11 is 0. The van der Waals surface area contributed by atoms with E-state index in [-0.39, 0.29) is 11.8 Å². The number of aliphatic hydroxyl groups excluding tert-OH is 2. The largest absolute Gasteiger partial charge is 0.394 e. The first kappa shape index (κ1) is 16.6. The Kier molecular flexibility index (Phi) is 4.89. The van der Waals surface area contributed by atoms with Gasteiger partial charge in [-0.3, -0.25) is 4.79 Å². The lowest BCUT2D eigenvalue weighted by Crippen LogP contribution is -2.52. The molecule has 0 unspecified atom stereocenters. The molecule has 2 aliphatic rings. The Balaban J connectivity index is 2.09. The van der Waals surface area contributed by atoms with E-state index in [1.54, 1.807) is 13.8 Å². The third-order valence-corrected chi connectivity index (χ3v) is 3.57. The molecule has 21 heavy (non-hydrogen) atoms. The molecular weight excluding hydrogens is 278 g/mol. The minimum absolute atomic E-state index is 0.136. The van der Waals surface area contributed by atoms with Crippen molar-refractivity contribution < 1.29 is 29.2 Å². The van der Waals surface area contributed by atoms with Crippen molar-refractivity contribution in [3.05, 3.63) is 0 Å². The van der Waals surface area contributed by atoms with E-state index in [0.29, 0.717) is 6.42 Å². The van der Waals surface area contributed by atoms with Gasteiger partial charge in [-0.05, 0) is 19.8 Å². The molecule has 0 aromatic carbocycles. The van der Waals surface area contributed by atoms with Crippen LogP contribution >= 0.6 is 0 Å². The summed E-state index contributed by atoms with van der Waals surface area (Å²) in [6.07, 6.45) is -2.63. The van der Waals surface area contributed by atoms with Crippen LogP contribution in [0.4, 0.5) is 0 Å². The van der Waals surface area contributed by atoms with Crippen molar-refractivity contribution in [3.8, 4) is 0 Å². The van der Waals surface area contributed by atoms with E-state index in [4.69, 9.17) is 19.3 Å². The van der Waals surface area contributed by atoms with Crippen LogP contribution in [0.3, 0.4) is 0 Å². The molecule has 0 bridgehead atoms. The second-order valence-electron chi connectivity index (χ2n) is 6.51. The number of amides is 1. The fourth-order valence-electron chi connectivity index (χ4n) is 2.75. The maximum Gasteiger partial charge on any atom is 0.220 e. The minimum Gasteiger partial charge on any atom is -0.394 e. The molecule has 2 aliphatic heterocycles. The van der Waals surface area contributed by atoms with Gasteiger partial charge in [0.05, 0.1) is 12.6 Å². The van der Waals surface area contributed by atoms with Gasteiger partial charge in [-0.25, -0.2) is 0 Å². The van der Waals surface area contributed by atoms with Crippen molar-refractivity contribution in [2.24, 2.45) is 5.92 Å². The fraction of sp³-hybridized carbons (Fsp3) is 0.929. The summed E-state index contributed by atoms with van der Waals surface area (Å²) in [5.41, 5.74) is 0. The Labute approximate surface area is 124 Å². The number of hydrogen-bond donors (Lipinski definition) is 3. The molecule has 2 fully saturated rings. The van der Waals surface area contributed by atoms with Gasteiger partial charge in [0.2, 0.25) is 5.91 Å². The van der Waals surface area contributed by atoms with E-state index in [2.05, 4.69) is 5.32 Å². The van der Waals surface area contributed by atoms with E-state index < -0.39 is 43.0 Å². The van der Waals surface area contributed by atoms with Gasteiger partial charge in [0, 0.05) is 6.42 Å². The highest BCUT2D eigenvalue weighted by Gasteiger charge is 2.56. The molecule has 0 aliphatic carbocycles. The number of hydrogen-bond acceptors (Lipinski definition) is 6. The molecule has 1 amide bonds. The quantitative estimate of drug-likeness (QED) is 0.648. The lowest BCUT2D eigenvalue weighted by atomic mass is 10.0. The summed E-state index contributed by atoms with van der Waals surface area (Å²) in [5, 5.41) is 21.8. The maximum absolute atomic E-state index is 12.0. The number of nitrogens with one attached hydrogen (secondary N) is 1. The molecule has 0 aromatic rings. The molecule has 0 radical (unpaired) electrons. The number of aliphatic hydroxyl groups is 2. The van der Waals surface area contributed by atoms with Crippen LogP contribution in [0.15, 0.2) is 0 Å². The van der Waals surface area contributed by atoms with Crippen LogP contribution in [0.25, 0.3) is 0 Å². The maximum atomic E-state index is 12.0. The topological polar surface area (TPSA) is 97.3 Å². The zero-order chi connectivity index (χ0) is 15.8. The second-order valence-corrected chi connectivity index (χ2v) is 6.51. The lowest BCUT2D eigenvalue weighted by Gasteiger charge is -2.28. The third kappa shape index (κ3) is 3.73. The molecule has 7 nitrogen and oxygen atoms in total. The highest BCUT2D eigenvalue weighted by Crippen LogP contribution is 2.38. The summed E-state index contributed by atoms with van der Waals surface area (Å²) in [7, 11) is 0. The fourth-order valence-corrected chi connectivity index (χ4v) is 2.75. The van der Waals surface area contributed by atoms with Crippen molar-refractivity contribution in [1.29, 1.82) is 0 Å². The highest BCUT2D eigenvalue weighted by atomic mass is 16.8. The lowest BCUT2D eigenvalue weighted by molar-refractivity contribution is -0.218. The van der Waals surface area contributed by atoms with E-state index >= 15 is 0 Å². The number of ether oxygens (including phenoxy) is 3. The van der Waals surface area contributed by atoms with Gasteiger partial charge in [0.15, 0.2) is 12.1 Å². The summed E-state index contributed by atoms with van der Waals surface area (Å²) in [5.74, 6) is -0.713. The van der Waals surface area contributed by atoms with Crippen LogP contribution in [0, 0.1) is 5.92 Å². The predicted molar refractivity (Wildman–Crippen MR) is 73.2 cm³/mol. The molecular formula is C14H25NO6. The number of fused-ring (bicyclic) bond motifs is 1. The van der Waals surface area contributed by atoms with Crippen molar-refractivity contribution in [3.63, 3.8) is 0 Å². The summed E-state index contributed by atoms with van der Waals surface area (Å²) in [6, 6.07) is -0.551. The zero-order valence-electron chi connectivity index (χ0n) is 12.9. The SMILES string of the molecule is CC(C)CC(=O)N[C@@H]1[C@H]2OC(C)(C)O[C@H]2O[C@@H]1[C@H](O)CO. The molecule has 0 aromatic heterocycles. The van der Waals surface area contributed by atoms with E-state index in [1.807, 2.05) is 13.8 Å². The molecule has 2 heterocycles. The highest BCUT2D eigenvalue weighted by molar-refractivity contribution is 5.76. The van der Waals surface area contributed by atoms with Crippen molar-refractivity contribution in [2.45, 2.75) is 70.5 Å².